The number of Topliss-reactive ketones (excluding diaryl/α,β-unsaturated/α-hetero) is 1. The quantitative estimate of drug-likeness (QED) is 0.200. The lowest BCUT2D eigenvalue weighted by atomic mass is 9.73. The van der Waals surface area contributed by atoms with E-state index in [0.29, 0.717) is 17.8 Å². The van der Waals surface area contributed by atoms with Crippen molar-refractivity contribution < 1.29 is 57.8 Å². The Balaban J connectivity index is 1.59. The number of ketones is 1. The molecule has 2 aromatic heterocycles. The molecule has 3 N–H and O–H groups in total. The van der Waals surface area contributed by atoms with E-state index in [0.717, 1.165) is 6.92 Å². The van der Waals surface area contributed by atoms with Crippen molar-refractivity contribution in [2.24, 2.45) is 22.9 Å². The molecule has 1 unspecified atom stereocenters. The fourth-order valence-electron chi connectivity index (χ4n) is 8.63. The summed E-state index contributed by atoms with van der Waals surface area (Å²) in [4.78, 5) is 40.1. The van der Waals surface area contributed by atoms with Crippen LogP contribution >= 0.6 is 0 Å². The summed E-state index contributed by atoms with van der Waals surface area (Å²) in [6.45, 7) is 11.8. The number of oxime groups is 1. The second kappa shape index (κ2) is 18.5. The molecule has 5 heterocycles. The van der Waals surface area contributed by atoms with Crippen LogP contribution in [0.1, 0.15) is 80.2 Å². The Morgan fingerprint density at radius 2 is 1.81 bits per heavy atom. The molecule has 3 fully saturated rings. The normalized spacial score (nSPS) is 40.4. The smallest absolute Gasteiger partial charge is 0.351 e. The summed E-state index contributed by atoms with van der Waals surface area (Å²) < 4.78 is 49.9. The van der Waals surface area contributed by atoms with Gasteiger partial charge in [-0.2, -0.15) is 5.10 Å². The van der Waals surface area contributed by atoms with Crippen LogP contribution in [0.2, 0.25) is 0 Å². The number of nitrogens with zero attached hydrogens (tertiary/aromatic N) is 5. The summed E-state index contributed by atoms with van der Waals surface area (Å²) in [6.07, 6.45) is -2.33. The third kappa shape index (κ3) is 9.78. The van der Waals surface area contributed by atoms with Crippen LogP contribution in [0.3, 0.4) is 0 Å². The number of pyridine rings is 1. The van der Waals surface area contributed by atoms with Crippen LogP contribution < -0.4 is 0 Å². The van der Waals surface area contributed by atoms with Crippen molar-refractivity contribution in [3.63, 3.8) is 0 Å². The molecule has 324 valence electrons. The van der Waals surface area contributed by atoms with Crippen molar-refractivity contribution in [3.8, 4) is 5.82 Å². The molecule has 2 bridgehead atoms. The van der Waals surface area contributed by atoms with Crippen molar-refractivity contribution in [3.05, 3.63) is 42.4 Å². The second-order valence-electron chi connectivity index (χ2n) is 17.1. The molecule has 0 radical (unpaired) electrons. The van der Waals surface area contributed by atoms with E-state index in [1.807, 2.05) is 32.0 Å². The summed E-state index contributed by atoms with van der Waals surface area (Å²) in [6, 6.07) is 5.01. The van der Waals surface area contributed by atoms with Gasteiger partial charge in [-0.15, -0.1) is 0 Å². The molecule has 17 heteroatoms. The number of esters is 1. The van der Waals surface area contributed by atoms with E-state index in [1.54, 1.807) is 63.1 Å². The minimum Gasteiger partial charge on any atom is -0.457 e. The number of likely N-dealkylation sites (N-methyl/N-ethyl adjacent to an activating group) is 1. The zero-order chi connectivity index (χ0) is 42.7. The number of rotatable bonds is 8. The van der Waals surface area contributed by atoms with Gasteiger partial charge in [0.1, 0.15) is 30.1 Å². The number of carbonyl (C=O) groups is 2. The molecule has 3 saturated heterocycles. The molecular weight excluding hydrogens is 757 g/mol. The van der Waals surface area contributed by atoms with Gasteiger partial charge in [0.05, 0.1) is 43.2 Å². The Hall–Kier alpha value is -3.42. The van der Waals surface area contributed by atoms with E-state index < -0.39 is 83.2 Å². The number of cyclic esters (lactones) is 1. The van der Waals surface area contributed by atoms with Gasteiger partial charge in [-0.1, -0.05) is 38.9 Å². The van der Waals surface area contributed by atoms with E-state index in [4.69, 9.17) is 28.5 Å². The van der Waals surface area contributed by atoms with Gasteiger partial charge in [-0.25, -0.2) is 18.9 Å². The molecule has 3 aliphatic heterocycles. The Morgan fingerprint density at radius 1 is 1.09 bits per heavy atom. The molecule has 14 atom stereocenters. The van der Waals surface area contributed by atoms with E-state index in [-0.39, 0.29) is 50.5 Å². The highest BCUT2D eigenvalue weighted by Crippen LogP contribution is 2.41. The largest absolute Gasteiger partial charge is 0.457 e. The number of aliphatic hydroxyl groups is 3. The summed E-state index contributed by atoms with van der Waals surface area (Å²) in [5, 5.41) is 44.3. The third-order valence-corrected chi connectivity index (χ3v) is 12.0. The van der Waals surface area contributed by atoms with E-state index >= 15 is 4.39 Å². The lowest BCUT2D eigenvalue weighted by Gasteiger charge is -2.48. The Bertz CT molecular complexity index is 1710. The second-order valence-corrected chi connectivity index (χ2v) is 17.1. The maximum atomic E-state index is 16.8. The Kier molecular flexibility index (Phi) is 14.5. The number of ether oxygens (including phenoxy) is 5. The maximum absolute atomic E-state index is 16.8. The zero-order valence-electron chi connectivity index (χ0n) is 35.3. The first-order valence-corrected chi connectivity index (χ1v) is 20.1. The van der Waals surface area contributed by atoms with Crippen LogP contribution in [-0.4, -0.2) is 146 Å². The highest BCUT2D eigenvalue weighted by molar-refractivity contribution is 6.07. The summed E-state index contributed by atoms with van der Waals surface area (Å²) in [7, 11) is 3.64. The van der Waals surface area contributed by atoms with Gasteiger partial charge >= 0.3 is 5.97 Å². The monoisotopic (exact) mass is 819 g/mol. The number of hydrogen-bond acceptors (Lipinski definition) is 15. The summed E-state index contributed by atoms with van der Waals surface area (Å²) in [5.41, 5.74) is -5.80. The predicted octanol–water partition coefficient (Wildman–Crippen LogP) is 3.17. The molecule has 0 spiro atoms. The van der Waals surface area contributed by atoms with Crippen LogP contribution in [-0.2, 0) is 44.7 Å². The van der Waals surface area contributed by atoms with Gasteiger partial charge in [0.15, 0.2) is 17.9 Å². The molecule has 0 aromatic carbocycles. The number of carbonyl (C=O) groups excluding carboxylic acids is 2. The summed E-state index contributed by atoms with van der Waals surface area (Å²) >= 11 is 0. The Labute approximate surface area is 340 Å². The van der Waals surface area contributed by atoms with Gasteiger partial charge in [0, 0.05) is 42.0 Å². The fourth-order valence-corrected chi connectivity index (χ4v) is 8.63. The van der Waals surface area contributed by atoms with Crippen LogP contribution in [0.15, 0.2) is 41.9 Å². The minimum absolute atomic E-state index is 0.0167. The standard InChI is InChI=1S/C41H62FN5O11/c1-11-30-41(8,52)36-25(4)32(48)23(2)18-39(6,54-22-28(21-53-36)45-55-20-27-13-14-31(43-19-27)47-16-12-15-44-47)35(26(5)34(50)40(7,42)38(51)57-30)58-37-33(49)29(46(9)10)17-24(3)56-37/h12-16,19,23-26,29-30,32-33,35-37,48-49,52H,11,17-18,20-22H2,1-10H3/b45-28+/t23-,24-,25+,26+,29+,30-,32+,33-,35-,36?,37-,39-,40+,41-/m1/s1. The average molecular weight is 820 g/mol. The van der Waals surface area contributed by atoms with E-state index in [2.05, 4.69) is 15.2 Å². The van der Waals surface area contributed by atoms with E-state index in [9.17, 15) is 24.9 Å². The van der Waals surface area contributed by atoms with Crippen LogP contribution in [0.5, 0.6) is 0 Å². The first-order valence-electron chi connectivity index (χ1n) is 20.1. The number of aromatic nitrogens is 3. The average Bonchev–Trinajstić information content (AvgIpc) is 3.72. The lowest BCUT2D eigenvalue weighted by molar-refractivity contribution is -0.297. The van der Waals surface area contributed by atoms with Gasteiger partial charge in [-0.3, -0.25) is 4.79 Å². The minimum atomic E-state index is -3.19. The van der Waals surface area contributed by atoms with Crippen molar-refractivity contribution in [2.75, 3.05) is 27.3 Å². The zero-order valence-corrected chi connectivity index (χ0v) is 35.3. The van der Waals surface area contributed by atoms with Crippen molar-refractivity contribution in [1.82, 2.24) is 19.7 Å². The van der Waals surface area contributed by atoms with E-state index in [1.165, 1.54) is 13.8 Å². The molecule has 2 aromatic rings. The van der Waals surface area contributed by atoms with Crippen LogP contribution in [0.25, 0.3) is 5.82 Å². The molecule has 0 amide bonds. The van der Waals surface area contributed by atoms with Gasteiger partial charge < -0.3 is 48.7 Å². The highest BCUT2D eigenvalue weighted by Gasteiger charge is 2.57. The molecular formula is C41H62FN5O11. The lowest BCUT2D eigenvalue weighted by Crippen LogP contribution is -2.62. The number of halogens is 1. The predicted molar refractivity (Wildman–Crippen MR) is 208 cm³/mol. The number of fused-ring (bicyclic) bond motifs is 5. The fraction of sp³-hybridized carbons (Fsp3) is 0.732. The van der Waals surface area contributed by atoms with Gasteiger partial charge in [0.25, 0.3) is 5.67 Å². The number of hydrogen-bond donors (Lipinski definition) is 3. The third-order valence-electron chi connectivity index (χ3n) is 12.0. The molecule has 58 heavy (non-hydrogen) atoms. The van der Waals surface area contributed by atoms with Crippen LogP contribution in [0.4, 0.5) is 4.39 Å². The van der Waals surface area contributed by atoms with Crippen LogP contribution in [0, 0.1) is 17.8 Å². The number of aliphatic hydroxyl groups excluding tert-OH is 2. The highest BCUT2D eigenvalue weighted by atomic mass is 19.1. The summed E-state index contributed by atoms with van der Waals surface area (Å²) in [5.74, 6) is -4.86. The Morgan fingerprint density at radius 3 is 2.43 bits per heavy atom. The molecule has 5 rings (SSSR count). The van der Waals surface area contributed by atoms with Crippen molar-refractivity contribution in [2.45, 2.75) is 147 Å². The van der Waals surface area contributed by atoms with Gasteiger partial charge in [0.2, 0.25) is 0 Å². The molecule has 0 saturated carbocycles. The van der Waals surface area contributed by atoms with Gasteiger partial charge in [-0.05, 0) is 79.1 Å². The van der Waals surface area contributed by atoms with Crippen molar-refractivity contribution >= 4 is 17.5 Å². The number of alkyl halides is 1. The van der Waals surface area contributed by atoms with Crippen molar-refractivity contribution in [1.29, 1.82) is 0 Å². The first kappa shape index (κ1) is 45.7. The topological polar surface area (TPSA) is 197 Å². The SMILES string of the molecule is CC[C@H]1OC(=O)[C@@](C)(F)C(=O)[C@H](C)[C@@H](O[C@H]2O[C@H](C)C[C@H](N(C)C)[C@H]2O)[C@@]2(C)C[C@@H](C)[C@H](O)[C@H](C)C(OC/C(=N\OCc3ccc(-n4cccn4)nc3)CO2)[C@]1(C)O. The maximum Gasteiger partial charge on any atom is 0.351 e. The molecule has 0 aliphatic carbocycles. The molecule has 16 nitrogen and oxygen atoms in total. The molecule has 3 aliphatic rings. The first-order chi connectivity index (χ1) is 27.2.